The molecule has 2 aromatic carbocycles. The highest BCUT2D eigenvalue weighted by Crippen LogP contribution is 2.30. The fraction of sp³-hybridized carbons (Fsp3) is 0.381. The van der Waals surface area contributed by atoms with Gasteiger partial charge < -0.3 is 10.0 Å². The van der Waals surface area contributed by atoms with Crippen molar-refractivity contribution in [1.29, 1.82) is 0 Å². The van der Waals surface area contributed by atoms with Gasteiger partial charge in [0, 0.05) is 26.2 Å². The van der Waals surface area contributed by atoms with E-state index in [-0.39, 0.29) is 48.3 Å². The summed E-state index contributed by atoms with van der Waals surface area (Å²) in [6.07, 6.45) is 3.95. The van der Waals surface area contributed by atoms with Gasteiger partial charge in [0.1, 0.15) is 16.5 Å². The number of amides is 1. The minimum Gasteiger partial charge on any atom is -0.507 e. The molecule has 0 saturated carbocycles. The van der Waals surface area contributed by atoms with Gasteiger partial charge >= 0.3 is 0 Å². The Balaban J connectivity index is 1.49. The fourth-order valence-electron chi connectivity index (χ4n) is 4.04. The van der Waals surface area contributed by atoms with E-state index in [4.69, 9.17) is 0 Å². The first-order chi connectivity index (χ1) is 13.9. The Morgan fingerprint density at radius 1 is 0.966 bits per heavy atom. The van der Waals surface area contributed by atoms with Gasteiger partial charge in [-0.3, -0.25) is 4.79 Å². The lowest BCUT2D eigenvalue weighted by atomic mass is 9.89. The summed E-state index contributed by atoms with van der Waals surface area (Å²) in [6, 6.07) is 8.73. The molecule has 1 aliphatic carbocycles. The van der Waals surface area contributed by atoms with Crippen molar-refractivity contribution in [3.05, 3.63) is 58.9 Å². The number of aryl methyl sites for hydroxylation is 2. The minimum absolute atomic E-state index is 0.0305. The molecule has 0 bridgehead atoms. The van der Waals surface area contributed by atoms with Crippen LogP contribution in [0.2, 0.25) is 0 Å². The first-order valence-electron chi connectivity index (χ1n) is 9.76. The number of phenols is 1. The standard InChI is InChI=1S/C21H23FN2O4S/c22-18-7-3-4-8-20(18)29(27,28)24-11-9-23(10-12-24)21(26)17-13-15-5-1-2-6-16(15)14-19(17)25/h3-4,7-8,13-14,25H,1-2,5-6,9-12H2. The third-order valence-corrected chi connectivity index (χ3v) is 7.60. The second kappa shape index (κ2) is 7.76. The van der Waals surface area contributed by atoms with Crippen molar-refractivity contribution in [1.82, 2.24) is 9.21 Å². The van der Waals surface area contributed by atoms with E-state index in [0.717, 1.165) is 42.9 Å². The average molecular weight is 418 g/mol. The lowest BCUT2D eigenvalue weighted by Crippen LogP contribution is -2.50. The molecular weight excluding hydrogens is 395 g/mol. The molecule has 1 heterocycles. The number of halogens is 1. The van der Waals surface area contributed by atoms with Crippen LogP contribution in [-0.4, -0.2) is 54.8 Å². The quantitative estimate of drug-likeness (QED) is 0.831. The molecule has 1 amide bonds. The van der Waals surface area contributed by atoms with Crippen molar-refractivity contribution < 1.29 is 22.7 Å². The molecule has 8 heteroatoms. The molecule has 4 rings (SSSR count). The number of carbonyl (C=O) groups is 1. The van der Waals surface area contributed by atoms with E-state index >= 15 is 0 Å². The molecule has 0 atom stereocenters. The van der Waals surface area contributed by atoms with E-state index in [0.29, 0.717) is 0 Å². The highest BCUT2D eigenvalue weighted by atomic mass is 32.2. The van der Waals surface area contributed by atoms with Crippen LogP contribution in [0.3, 0.4) is 0 Å². The van der Waals surface area contributed by atoms with Crippen molar-refractivity contribution in [2.45, 2.75) is 30.6 Å². The topological polar surface area (TPSA) is 77.9 Å². The molecule has 6 nitrogen and oxygen atoms in total. The summed E-state index contributed by atoms with van der Waals surface area (Å²) in [5.41, 5.74) is 2.44. The predicted octanol–water partition coefficient (Wildman–Crippen LogP) is 2.56. The molecule has 29 heavy (non-hydrogen) atoms. The van der Waals surface area contributed by atoms with Crippen LogP contribution in [0.1, 0.15) is 34.3 Å². The number of carbonyl (C=O) groups excluding carboxylic acids is 1. The number of hydrogen-bond donors (Lipinski definition) is 1. The van der Waals surface area contributed by atoms with Gasteiger partial charge in [0.15, 0.2) is 0 Å². The molecule has 0 unspecified atom stereocenters. The number of hydrogen-bond acceptors (Lipinski definition) is 4. The number of sulfonamides is 1. The largest absolute Gasteiger partial charge is 0.507 e. The highest BCUT2D eigenvalue weighted by molar-refractivity contribution is 7.89. The monoisotopic (exact) mass is 418 g/mol. The molecule has 0 spiro atoms. The van der Waals surface area contributed by atoms with Crippen molar-refractivity contribution in [2.75, 3.05) is 26.2 Å². The normalized spacial score (nSPS) is 17.8. The number of nitrogens with zero attached hydrogens (tertiary/aromatic N) is 2. The summed E-state index contributed by atoms with van der Waals surface area (Å²) in [5, 5.41) is 10.3. The van der Waals surface area contributed by atoms with Gasteiger partial charge in [-0.1, -0.05) is 12.1 Å². The number of fused-ring (bicyclic) bond motifs is 1. The number of aromatic hydroxyl groups is 1. The number of benzene rings is 2. The molecule has 1 saturated heterocycles. The third-order valence-electron chi connectivity index (χ3n) is 5.67. The Bertz CT molecular complexity index is 1050. The van der Waals surface area contributed by atoms with Gasteiger partial charge in [0.05, 0.1) is 5.56 Å². The molecule has 2 aromatic rings. The number of piperazine rings is 1. The maximum Gasteiger partial charge on any atom is 0.257 e. The summed E-state index contributed by atoms with van der Waals surface area (Å²) in [5.74, 6) is -1.12. The molecule has 1 N–H and O–H groups in total. The Morgan fingerprint density at radius 2 is 1.59 bits per heavy atom. The van der Waals surface area contributed by atoms with Crippen molar-refractivity contribution in [3.63, 3.8) is 0 Å². The van der Waals surface area contributed by atoms with E-state index in [1.165, 1.54) is 27.4 Å². The molecular formula is C21H23FN2O4S. The molecule has 0 radical (unpaired) electrons. The van der Waals surface area contributed by atoms with Crippen LogP contribution in [0, 0.1) is 5.82 Å². The SMILES string of the molecule is O=C(c1cc2c(cc1O)CCCC2)N1CCN(S(=O)(=O)c2ccccc2F)CC1. The highest BCUT2D eigenvalue weighted by Gasteiger charge is 2.32. The summed E-state index contributed by atoms with van der Waals surface area (Å²) in [6.45, 7) is 0.522. The number of phenolic OH excluding ortho intramolecular Hbond substituents is 1. The van der Waals surface area contributed by atoms with Crippen LogP contribution < -0.4 is 0 Å². The van der Waals surface area contributed by atoms with Gasteiger partial charge in [0.25, 0.3) is 5.91 Å². The van der Waals surface area contributed by atoms with E-state index in [2.05, 4.69) is 0 Å². The Kier molecular flexibility index (Phi) is 5.31. The van der Waals surface area contributed by atoms with E-state index in [1.807, 2.05) is 0 Å². The Hall–Kier alpha value is -2.45. The zero-order valence-electron chi connectivity index (χ0n) is 16.0. The maximum atomic E-state index is 14.0. The number of rotatable bonds is 3. The second-order valence-corrected chi connectivity index (χ2v) is 9.38. The van der Waals surface area contributed by atoms with Gasteiger partial charge in [-0.15, -0.1) is 0 Å². The van der Waals surface area contributed by atoms with E-state index in [1.54, 1.807) is 12.1 Å². The second-order valence-electron chi connectivity index (χ2n) is 7.47. The average Bonchev–Trinajstić information content (AvgIpc) is 2.73. The summed E-state index contributed by atoms with van der Waals surface area (Å²) < 4.78 is 40.6. The summed E-state index contributed by atoms with van der Waals surface area (Å²) in [4.78, 5) is 14.1. The molecule has 1 fully saturated rings. The maximum absolute atomic E-state index is 14.0. The van der Waals surface area contributed by atoms with Crippen LogP contribution in [0.15, 0.2) is 41.3 Å². The van der Waals surface area contributed by atoms with Crippen LogP contribution in [0.5, 0.6) is 5.75 Å². The van der Waals surface area contributed by atoms with Crippen LogP contribution >= 0.6 is 0 Å². The summed E-state index contributed by atoms with van der Waals surface area (Å²) >= 11 is 0. The zero-order chi connectivity index (χ0) is 20.6. The Morgan fingerprint density at radius 3 is 2.24 bits per heavy atom. The Labute approximate surface area is 169 Å². The first kappa shape index (κ1) is 19.8. The fourth-order valence-corrected chi connectivity index (χ4v) is 5.53. The van der Waals surface area contributed by atoms with Gasteiger partial charge in [-0.2, -0.15) is 4.31 Å². The minimum atomic E-state index is -3.96. The van der Waals surface area contributed by atoms with Gasteiger partial charge in [0.2, 0.25) is 10.0 Å². The predicted molar refractivity (Wildman–Crippen MR) is 106 cm³/mol. The third kappa shape index (κ3) is 3.74. The molecule has 154 valence electrons. The van der Waals surface area contributed by atoms with E-state index < -0.39 is 15.8 Å². The summed E-state index contributed by atoms with van der Waals surface area (Å²) in [7, 11) is -3.96. The van der Waals surface area contributed by atoms with Crippen LogP contribution in [-0.2, 0) is 22.9 Å². The lowest BCUT2D eigenvalue weighted by Gasteiger charge is -2.34. The van der Waals surface area contributed by atoms with Gasteiger partial charge in [-0.25, -0.2) is 12.8 Å². The smallest absolute Gasteiger partial charge is 0.257 e. The van der Waals surface area contributed by atoms with Crippen molar-refractivity contribution >= 4 is 15.9 Å². The van der Waals surface area contributed by atoms with Crippen molar-refractivity contribution in [3.8, 4) is 5.75 Å². The van der Waals surface area contributed by atoms with E-state index in [9.17, 15) is 22.7 Å². The van der Waals surface area contributed by atoms with Crippen molar-refractivity contribution in [2.24, 2.45) is 0 Å². The first-order valence-corrected chi connectivity index (χ1v) is 11.2. The van der Waals surface area contributed by atoms with Crippen LogP contribution in [0.25, 0.3) is 0 Å². The molecule has 1 aliphatic heterocycles. The zero-order valence-corrected chi connectivity index (χ0v) is 16.8. The van der Waals surface area contributed by atoms with Crippen LogP contribution in [0.4, 0.5) is 4.39 Å². The lowest BCUT2D eigenvalue weighted by molar-refractivity contribution is 0.0694. The van der Waals surface area contributed by atoms with Gasteiger partial charge in [-0.05, 0) is 61.1 Å². The molecule has 0 aromatic heterocycles. The molecule has 2 aliphatic rings.